The van der Waals surface area contributed by atoms with Crippen LogP contribution >= 0.6 is 0 Å². The highest BCUT2D eigenvalue weighted by Crippen LogP contribution is 2.37. The molecule has 0 unspecified atom stereocenters. The fourth-order valence-electron chi connectivity index (χ4n) is 6.97. The van der Waals surface area contributed by atoms with Gasteiger partial charge < -0.3 is 28.4 Å². The van der Waals surface area contributed by atoms with Crippen LogP contribution in [0.3, 0.4) is 0 Å². The first-order valence-corrected chi connectivity index (χ1v) is 19.3. The molecule has 0 amide bonds. The van der Waals surface area contributed by atoms with Gasteiger partial charge in [-0.3, -0.25) is 0 Å². The van der Waals surface area contributed by atoms with Crippen molar-refractivity contribution in [3.8, 4) is 34.5 Å². The zero-order chi connectivity index (χ0) is 39.1. The van der Waals surface area contributed by atoms with Crippen molar-refractivity contribution in [2.75, 3.05) is 40.6 Å². The maximum Gasteiger partial charge on any atom is 0.119 e. The van der Waals surface area contributed by atoms with Crippen LogP contribution in [-0.2, 0) is 0 Å². The molecule has 288 valence electrons. The van der Waals surface area contributed by atoms with Crippen LogP contribution in [0.1, 0.15) is 72.9 Å². The van der Waals surface area contributed by atoms with Crippen molar-refractivity contribution in [1.29, 1.82) is 0 Å². The molecule has 6 aromatic carbocycles. The van der Waals surface area contributed by atoms with Crippen LogP contribution in [0, 0.1) is 10.8 Å². The average molecular weight is 749 g/mol. The zero-order valence-electron chi connectivity index (χ0n) is 33.3. The van der Waals surface area contributed by atoms with Crippen LogP contribution in [0.25, 0.3) is 0 Å². The first-order chi connectivity index (χ1) is 27.1. The van der Waals surface area contributed by atoms with Gasteiger partial charge in [-0.05, 0) is 106 Å². The van der Waals surface area contributed by atoms with E-state index in [9.17, 15) is 0 Å². The highest BCUT2D eigenvalue weighted by molar-refractivity contribution is 5.48. The lowest BCUT2D eigenvalue weighted by Crippen LogP contribution is -2.28. The van der Waals surface area contributed by atoms with Crippen molar-refractivity contribution in [2.45, 2.75) is 39.5 Å². The summed E-state index contributed by atoms with van der Waals surface area (Å²) in [6, 6.07) is 50.3. The van der Waals surface area contributed by atoms with Crippen molar-refractivity contribution >= 4 is 0 Å². The maximum atomic E-state index is 6.35. The van der Waals surface area contributed by atoms with E-state index in [4.69, 9.17) is 28.4 Å². The first kappa shape index (κ1) is 38.4. The van der Waals surface area contributed by atoms with E-state index >= 15 is 0 Å². The van der Waals surface area contributed by atoms with Gasteiger partial charge in [-0.1, -0.05) is 100 Å². The van der Waals surface area contributed by atoms with Crippen molar-refractivity contribution in [1.82, 2.24) is 0 Å². The minimum Gasteiger partial charge on any atom is -0.497 e. The topological polar surface area (TPSA) is 55.4 Å². The van der Waals surface area contributed by atoms with Crippen LogP contribution in [0.4, 0.5) is 0 Å². The molecule has 7 aliphatic rings. The standard InChI is InChI=1S/C50H52O6/c1-49(2)31-53-43-23-11-37(12-24-43)47(35-7-19-41(51-5)20-8-35)39-15-27-45(28-16-39)55-33-50(3,4)34-56-46-29-17-40(18-30-46)48(36-9-21-42(52-6)22-10-36)38-13-25-44(26-14-38)54-32-49/h7-30,47-48H,31-34H2,1-6H3. The molecule has 0 spiro atoms. The van der Waals surface area contributed by atoms with Gasteiger partial charge in [0, 0.05) is 22.7 Å². The van der Waals surface area contributed by atoms with E-state index in [1.54, 1.807) is 14.2 Å². The van der Waals surface area contributed by atoms with Gasteiger partial charge in [-0.25, -0.2) is 0 Å². The lowest BCUT2D eigenvalue weighted by atomic mass is 9.85. The molecule has 13 rings (SSSR count). The largest absolute Gasteiger partial charge is 0.497 e. The van der Waals surface area contributed by atoms with E-state index in [1.807, 2.05) is 24.3 Å². The lowest BCUT2D eigenvalue weighted by Gasteiger charge is -2.26. The highest BCUT2D eigenvalue weighted by atomic mass is 16.5. The van der Waals surface area contributed by atoms with Crippen LogP contribution in [0.2, 0.25) is 0 Å². The second kappa shape index (κ2) is 16.9. The van der Waals surface area contributed by atoms with E-state index < -0.39 is 0 Å². The summed E-state index contributed by atoms with van der Waals surface area (Å²) in [6.45, 7) is 10.7. The molecule has 7 heterocycles. The van der Waals surface area contributed by atoms with Gasteiger partial charge in [0.2, 0.25) is 0 Å². The number of methoxy groups -OCH3 is 2. The molecule has 7 aliphatic heterocycles. The average Bonchev–Trinajstić information content (AvgIpc) is 3.23. The Kier molecular flexibility index (Phi) is 11.6. The lowest BCUT2D eigenvalue weighted by molar-refractivity contribution is 0.110. The molecule has 0 saturated heterocycles. The van der Waals surface area contributed by atoms with Gasteiger partial charge in [-0.15, -0.1) is 0 Å². The predicted octanol–water partition coefficient (Wildman–Crippen LogP) is 11.3. The Morgan fingerprint density at radius 3 is 0.732 bits per heavy atom. The summed E-state index contributed by atoms with van der Waals surface area (Å²) >= 11 is 0. The second-order valence-electron chi connectivity index (χ2n) is 16.2. The molecule has 6 heteroatoms. The molecule has 0 radical (unpaired) electrons. The molecule has 0 aliphatic carbocycles. The van der Waals surface area contributed by atoms with Crippen LogP contribution < -0.4 is 28.4 Å². The van der Waals surface area contributed by atoms with E-state index in [1.165, 1.54) is 11.1 Å². The molecular weight excluding hydrogens is 697 g/mol. The van der Waals surface area contributed by atoms with E-state index in [2.05, 4.69) is 149 Å². The Hall–Kier alpha value is -5.88. The minimum atomic E-state index is -0.236. The van der Waals surface area contributed by atoms with Crippen molar-refractivity contribution in [3.63, 3.8) is 0 Å². The summed E-state index contributed by atoms with van der Waals surface area (Å²) in [5.41, 5.74) is 6.52. The summed E-state index contributed by atoms with van der Waals surface area (Å²) < 4.78 is 36.3. The third-order valence-electron chi connectivity index (χ3n) is 10.3. The predicted molar refractivity (Wildman–Crippen MR) is 223 cm³/mol. The summed E-state index contributed by atoms with van der Waals surface area (Å²) in [4.78, 5) is 0. The highest BCUT2D eigenvalue weighted by Gasteiger charge is 2.24. The molecule has 0 aromatic heterocycles. The monoisotopic (exact) mass is 748 g/mol. The Labute approximate surface area is 332 Å². The van der Waals surface area contributed by atoms with Gasteiger partial charge in [0.25, 0.3) is 0 Å². The molecule has 0 atom stereocenters. The quantitative estimate of drug-likeness (QED) is 0.179. The summed E-state index contributed by atoms with van der Waals surface area (Å²) in [7, 11) is 3.38. The van der Waals surface area contributed by atoms with Crippen LogP contribution in [0.5, 0.6) is 34.5 Å². The van der Waals surface area contributed by atoms with Crippen LogP contribution in [0.15, 0.2) is 146 Å². The van der Waals surface area contributed by atoms with Gasteiger partial charge in [0.1, 0.15) is 34.5 Å². The van der Waals surface area contributed by atoms with Gasteiger partial charge in [-0.2, -0.15) is 0 Å². The van der Waals surface area contributed by atoms with Crippen molar-refractivity contribution < 1.29 is 28.4 Å². The Balaban J connectivity index is 1.18. The Morgan fingerprint density at radius 1 is 0.339 bits per heavy atom. The maximum absolute atomic E-state index is 6.35. The molecule has 0 saturated carbocycles. The summed E-state index contributed by atoms with van der Waals surface area (Å²) in [5, 5.41) is 0. The van der Waals surface area contributed by atoms with Gasteiger partial charge in [0.15, 0.2) is 0 Å². The Bertz CT molecular complexity index is 1870. The van der Waals surface area contributed by atoms with Gasteiger partial charge >= 0.3 is 0 Å². The van der Waals surface area contributed by atoms with E-state index in [0.29, 0.717) is 26.4 Å². The second-order valence-corrected chi connectivity index (χ2v) is 16.2. The van der Waals surface area contributed by atoms with Crippen LogP contribution in [-0.4, -0.2) is 40.6 Å². The molecule has 6 nitrogen and oxygen atoms in total. The normalized spacial score (nSPS) is 18.0. The molecule has 56 heavy (non-hydrogen) atoms. The van der Waals surface area contributed by atoms with Gasteiger partial charge in [0.05, 0.1) is 40.6 Å². The molecule has 0 N–H and O–H groups in total. The number of ether oxygens (including phenoxy) is 6. The number of rotatable bonds is 4. The summed E-state index contributed by atoms with van der Waals surface area (Å²) in [6.07, 6.45) is 0. The SMILES string of the molecule is COc1ccc(C2c3ccc(cc3)OCC(C)(C)COc3ccc(cc3)C(c3ccc(OC)cc3)c3ccc(cc3)OCC(C)(C)COc3ccc2cc3)cc1. The fraction of sp³-hybridized carbons (Fsp3) is 0.280. The smallest absolute Gasteiger partial charge is 0.119 e. The Morgan fingerprint density at radius 2 is 0.536 bits per heavy atom. The number of benzene rings is 6. The molecule has 8 bridgehead atoms. The van der Waals surface area contributed by atoms with E-state index in [0.717, 1.165) is 56.8 Å². The molecular formula is C50H52O6. The number of hydrogen-bond donors (Lipinski definition) is 0. The van der Waals surface area contributed by atoms with Crippen molar-refractivity contribution in [2.24, 2.45) is 10.8 Å². The zero-order valence-corrected chi connectivity index (χ0v) is 33.3. The third-order valence-corrected chi connectivity index (χ3v) is 10.3. The minimum absolute atomic E-state index is 0.00907. The first-order valence-electron chi connectivity index (χ1n) is 19.3. The molecule has 0 fully saturated rings. The van der Waals surface area contributed by atoms with Crippen molar-refractivity contribution in [3.05, 3.63) is 179 Å². The van der Waals surface area contributed by atoms with E-state index in [-0.39, 0.29) is 22.7 Å². The number of hydrogen-bond acceptors (Lipinski definition) is 6. The summed E-state index contributed by atoms with van der Waals surface area (Å²) in [5.74, 6) is 4.95. The third kappa shape index (κ3) is 9.49. The molecule has 6 aromatic rings. The fourth-order valence-corrected chi connectivity index (χ4v) is 6.97.